The molecule has 1 aliphatic heterocycles. The number of hydrogen-bond acceptors (Lipinski definition) is 4. The first kappa shape index (κ1) is 19.8. The molecule has 3 heterocycles. The molecule has 4 rings (SSSR count). The van der Waals surface area contributed by atoms with E-state index in [0.29, 0.717) is 41.1 Å². The van der Waals surface area contributed by atoms with E-state index in [2.05, 4.69) is 18.7 Å². The van der Waals surface area contributed by atoms with Gasteiger partial charge in [0, 0.05) is 37.4 Å². The zero-order chi connectivity index (χ0) is 20.7. The lowest BCUT2D eigenvalue weighted by molar-refractivity contribution is 0.457. The van der Waals surface area contributed by atoms with Gasteiger partial charge in [0.15, 0.2) is 11.2 Å². The Morgan fingerprint density at radius 1 is 1.21 bits per heavy atom. The van der Waals surface area contributed by atoms with Gasteiger partial charge in [-0.05, 0) is 30.5 Å². The Hall–Kier alpha value is -2.54. The normalized spacial score (nSPS) is 16.4. The summed E-state index contributed by atoms with van der Waals surface area (Å²) < 4.78 is 4.81. The summed E-state index contributed by atoms with van der Waals surface area (Å²) in [5.41, 5.74) is 1.29. The van der Waals surface area contributed by atoms with Gasteiger partial charge in [-0.25, -0.2) is 4.79 Å². The minimum atomic E-state index is -0.309. The molecule has 29 heavy (non-hydrogen) atoms. The highest BCUT2D eigenvalue weighted by Gasteiger charge is 2.29. The standard InChI is InChI=1S/C21H26ClN5O2/c1-4-5-6-10-25-19(28)17-18(24(3)21(25)29)23-20-26(12-14(2)13-27(17)20)16-9-7-8-15(22)11-16/h7-9,11,14H,4-6,10,12-13H2,1-3H3/t14-/m0/s1. The topological polar surface area (TPSA) is 65.1 Å². The van der Waals surface area contributed by atoms with E-state index in [1.54, 1.807) is 7.05 Å². The summed E-state index contributed by atoms with van der Waals surface area (Å²) in [5, 5.41) is 0.647. The summed E-state index contributed by atoms with van der Waals surface area (Å²) in [6, 6.07) is 7.61. The van der Waals surface area contributed by atoms with Gasteiger partial charge in [0.05, 0.1) is 0 Å². The highest BCUT2D eigenvalue weighted by molar-refractivity contribution is 6.30. The molecule has 0 bridgehead atoms. The fraction of sp³-hybridized carbons (Fsp3) is 0.476. The fourth-order valence-corrected chi connectivity index (χ4v) is 4.27. The van der Waals surface area contributed by atoms with Crippen molar-refractivity contribution in [1.82, 2.24) is 18.7 Å². The van der Waals surface area contributed by atoms with Crippen molar-refractivity contribution in [3.63, 3.8) is 0 Å². The smallest absolute Gasteiger partial charge is 0.312 e. The van der Waals surface area contributed by atoms with Gasteiger partial charge in [-0.15, -0.1) is 0 Å². The van der Waals surface area contributed by atoms with Gasteiger partial charge in [-0.1, -0.05) is 44.4 Å². The quantitative estimate of drug-likeness (QED) is 0.598. The van der Waals surface area contributed by atoms with Crippen LogP contribution in [0.3, 0.4) is 0 Å². The molecule has 0 aliphatic carbocycles. The monoisotopic (exact) mass is 415 g/mol. The molecule has 0 radical (unpaired) electrons. The van der Waals surface area contributed by atoms with Crippen molar-refractivity contribution < 1.29 is 0 Å². The molecule has 8 heteroatoms. The molecule has 1 aromatic carbocycles. The Morgan fingerprint density at radius 3 is 2.72 bits per heavy atom. The molecular weight excluding hydrogens is 390 g/mol. The molecule has 0 unspecified atom stereocenters. The van der Waals surface area contributed by atoms with Crippen molar-refractivity contribution in [2.24, 2.45) is 13.0 Å². The van der Waals surface area contributed by atoms with E-state index in [4.69, 9.17) is 16.6 Å². The van der Waals surface area contributed by atoms with Crippen molar-refractivity contribution in [3.8, 4) is 0 Å². The van der Waals surface area contributed by atoms with Crippen molar-refractivity contribution >= 4 is 34.4 Å². The number of imidazole rings is 1. The molecule has 0 saturated heterocycles. The minimum absolute atomic E-state index is 0.252. The van der Waals surface area contributed by atoms with Crippen LogP contribution in [0.15, 0.2) is 33.9 Å². The molecule has 1 aliphatic rings. The van der Waals surface area contributed by atoms with Gasteiger partial charge in [0.25, 0.3) is 5.56 Å². The summed E-state index contributed by atoms with van der Waals surface area (Å²) in [4.78, 5) is 32.9. The molecule has 0 N–H and O–H groups in total. The van der Waals surface area contributed by atoms with Crippen LogP contribution in [-0.4, -0.2) is 25.2 Å². The van der Waals surface area contributed by atoms with E-state index in [0.717, 1.165) is 31.5 Å². The number of rotatable bonds is 5. The molecule has 7 nitrogen and oxygen atoms in total. The van der Waals surface area contributed by atoms with Crippen LogP contribution in [-0.2, 0) is 20.1 Å². The van der Waals surface area contributed by atoms with Gasteiger partial charge < -0.3 is 9.47 Å². The zero-order valence-corrected chi connectivity index (χ0v) is 17.8. The second-order valence-corrected chi connectivity index (χ2v) is 8.33. The third-order valence-corrected chi connectivity index (χ3v) is 5.78. The number of aryl methyl sites for hydroxylation is 1. The molecule has 0 saturated carbocycles. The van der Waals surface area contributed by atoms with Crippen LogP contribution in [0.25, 0.3) is 11.2 Å². The summed E-state index contributed by atoms with van der Waals surface area (Å²) in [6.07, 6.45) is 2.83. The SMILES string of the molecule is CCCCCn1c(=O)c2c(nc3n2C[C@@H](C)CN3c2cccc(Cl)c2)n(C)c1=O. The van der Waals surface area contributed by atoms with E-state index in [-0.39, 0.29) is 11.2 Å². The fourth-order valence-electron chi connectivity index (χ4n) is 4.08. The lowest BCUT2D eigenvalue weighted by atomic mass is 10.1. The van der Waals surface area contributed by atoms with Crippen molar-refractivity contribution in [2.45, 2.75) is 46.2 Å². The van der Waals surface area contributed by atoms with Crippen molar-refractivity contribution in [2.75, 3.05) is 11.4 Å². The third-order valence-electron chi connectivity index (χ3n) is 5.55. The number of anilines is 2. The molecule has 0 fully saturated rings. The summed E-state index contributed by atoms with van der Waals surface area (Å²) in [5.74, 6) is 0.989. The highest BCUT2D eigenvalue weighted by atomic mass is 35.5. The molecule has 2 aromatic heterocycles. The second kappa shape index (κ2) is 7.71. The van der Waals surface area contributed by atoms with E-state index in [1.807, 2.05) is 28.8 Å². The van der Waals surface area contributed by atoms with Crippen LogP contribution < -0.4 is 16.1 Å². The lowest BCUT2D eigenvalue weighted by Gasteiger charge is -2.33. The molecular formula is C21H26ClN5O2. The number of fused-ring (bicyclic) bond motifs is 3. The number of benzene rings is 1. The molecule has 0 amide bonds. The van der Waals surface area contributed by atoms with Gasteiger partial charge in [-0.3, -0.25) is 13.9 Å². The summed E-state index contributed by atoms with van der Waals surface area (Å²) in [7, 11) is 1.69. The maximum atomic E-state index is 13.3. The molecule has 1 atom stereocenters. The maximum Gasteiger partial charge on any atom is 0.332 e. The first-order valence-corrected chi connectivity index (χ1v) is 10.5. The van der Waals surface area contributed by atoms with Crippen LogP contribution in [0, 0.1) is 5.92 Å². The van der Waals surface area contributed by atoms with E-state index in [1.165, 1.54) is 9.13 Å². The Morgan fingerprint density at radius 2 is 2.00 bits per heavy atom. The molecule has 154 valence electrons. The van der Waals surface area contributed by atoms with Crippen LogP contribution in [0.4, 0.5) is 11.6 Å². The highest BCUT2D eigenvalue weighted by Crippen LogP contribution is 2.33. The van der Waals surface area contributed by atoms with E-state index in [9.17, 15) is 9.59 Å². The van der Waals surface area contributed by atoms with Gasteiger partial charge in [0.2, 0.25) is 5.95 Å². The molecule has 3 aromatic rings. The lowest BCUT2D eigenvalue weighted by Crippen LogP contribution is -2.40. The van der Waals surface area contributed by atoms with Crippen LogP contribution in [0.2, 0.25) is 5.02 Å². The number of aromatic nitrogens is 4. The number of unbranched alkanes of at least 4 members (excludes halogenated alkanes) is 2. The van der Waals surface area contributed by atoms with Gasteiger partial charge in [-0.2, -0.15) is 4.98 Å². The number of nitrogens with zero attached hydrogens (tertiary/aromatic N) is 5. The summed E-state index contributed by atoms with van der Waals surface area (Å²) in [6.45, 7) is 6.13. The van der Waals surface area contributed by atoms with Crippen molar-refractivity contribution in [3.05, 3.63) is 50.1 Å². The second-order valence-electron chi connectivity index (χ2n) is 7.90. The Kier molecular flexibility index (Phi) is 5.25. The Bertz CT molecular complexity index is 1180. The largest absolute Gasteiger partial charge is 0.332 e. The Balaban J connectivity index is 1.93. The Labute approximate surface area is 174 Å². The third kappa shape index (κ3) is 3.37. The average molecular weight is 416 g/mol. The minimum Gasteiger partial charge on any atom is -0.312 e. The van der Waals surface area contributed by atoms with Gasteiger partial charge >= 0.3 is 5.69 Å². The van der Waals surface area contributed by atoms with Crippen LogP contribution >= 0.6 is 11.6 Å². The first-order valence-electron chi connectivity index (χ1n) is 10.2. The average Bonchev–Trinajstić information content (AvgIpc) is 3.08. The maximum absolute atomic E-state index is 13.3. The number of hydrogen-bond donors (Lipinski definition) is 0. The predicted molar refractivity (Wildman–Crippen MR) is 116 cm³/mol. The van der Waals surface area contributed by atoms with Crippen LogP contribution in [0.1, 0.15) is 33.1 Å². The molecule has 0 spiro atoms. The zero-order valence-electron chi connectivity index (χ0n) is 17.1. The van der Waals surface area contributed by atoms with Gasteiger partial charge in [0.1, 0.15) is 0 Å². The number of halogens is 1. The summed E-state index contributed by atoms with van der Waals surface area (Å²) >= 11 is 6.21. The van der Waals surface area contributed by atoms with E-state index < -0.39 is 0 Å². The van der Waals surface area contributed by atoms with E-state index >= 15 is 0 Å². The predicted octanol–water partition coefficient (Wildman–Crippen LogP) is 3.53. The van der Waals surface area contributed by atoms with Crippen molar-refractivity contribution in [1.29, 1.82) is 0 Å². The first-order chi connectivity index (χ1) is 13.9. The van der Waals surface area contributed by atoms with Crippen LogP contribution in [0.5, 0.6) is 0 Å².